The van der Waals surface area contributed by atoms with E-state index in [4.69, 9.17) is 18.5 Å². The summed E-state index contributed by atoms with van der Waals surface area (Å²) in [6.45, 7) is 7.59. The number of fused-ring (bicyclic) bond motifs is 1. The Hall–Kier alpha value is -3.35. The van der Waals surface area contributed by atoms with Crippen LogP contribution in [0.2, 0.25) is 0 Å². The number of benzene rings is 2. The van der Waals surface area contributed by atoms with Gasteiger partial charge in [0.05, 0.1) is 13.2 Å². The van der Waals surface area contributed by atoms with Crippen LogP contribution in [0, 0.1) is 5.41 Å². The molecule has 6 unspecified atom stereocenters. The molecule has 2 aromatic carbocycles. The van der Waals surface area contributed by atoms with Crippen molar-refractivity contribution < 1.29 is 37.4 Å². The van der Waals surface area contributed by atoms with E-state index < -0.39 is 61.7 Å². The number of ether oxygens (including phenoxy) is 2. The van der Waals surface area contributed by atoms with Crippen molar-refractivity contribution in [2.24, 2.45) is 5.41 Å². The van der Waals surface area contributed by atoms with E-state index in [1.807, 2.05) is 44.0 Å². The summed E-state index contributed by atoms with van der Waals surface area (Å²) in [5, 5.41) is 14.8. The molecule has 0 radical (unpaired) electrons. The van der Waals surface area contributed by atoms with Gasteiger partial charge in [-0.25, -0.2) is 13.8 Å². The second kappa shape index (κ2) is 12.1. The maximum absolute atomic E-state index is 15.5. The van der Waals surface area contributed by atoms with Crippen LogP contribution in [0.1, 0.15) is 40.8 Å². The van der Waals surface area contributed by atoms with E-state index in [1.54, 1.807) is 24.3 Å². The number of alkyl halides is 1. The van der Waals surface area contributed by atoms with Crippen molar-refractivity contribution in [3.05, 3.63) is 75.6 Å². The summed E-state index contributed by atoms with van der Waals surface area (Å²) in [4.78, 5) is 38.5. The first-order valence-electron chi connectivity index (χ1n) is 13.3. The Morgan fingerprint density at radius 3 is 2.60 bits per heavy atom. The van der Waals surface area contributed by atoms with E-state index in [1.165, 1.54) is 6.92 Å². The number of nitrogens with zero attached hydrogens (tertiary/aromatic N) is 1. The van der Waals surface area contributed by atoms with Crippen molar-refractivity contribution in [3.63, 3.8) is 0 Å². The third-order valence-corrected chi connectivity index (χ3v) is 8.15. The molecule has 0 saturated carbocycles. The van der Waals surface area contributed by atoms with Crippen molar-refractivity contribution in [2.45, 2.75) is 64.8 Å². The van der Waals surface area contributed by atoms with Gasteiger partial charge >= 0.3 is 19.4 Å². The van der Waals surface area contributed by atoms with Gasteiger partial charge in [0.15, 0.2) is 12.4 Å². The Labute approximate surface area is 241 Å². The number of hydrogen-bond donors (Lipinski definition) is 3. The Morgan fingerprint density at radius 2 is 1.90 bits per heavy atom. The number of aromatic amines is 1. The molecule has 4 rings (SSSR count). The van der Waals surface area contributed by atoms with Gasteiger partial charge in [-0.05, 0) is 30.7 Å². The molecule has 1 aliphatic heterocycles. The van der Waals surface area contributed by atoms with Gasteiger partial charge in [-0.15, -0.1) is 0 Å². The second-order valence-corrected chi connectivity index (χ2v) is 13.2. The van der Waals surface area contributed by atoms with Gasteiger partial charge in [0.2, 0.25) is 0 Å². The monoisotopic (exact) mass is 607 g/mol. The predicted molar refractivity (Wildman–Crippen MR) is 152 cm³/mol. The normalized spacial score (nSPS) is 24.7. The van der Waals surface area contributed by atoms with Crippen molar-refractivity contribution in [1.29, 1.82) is 0 Å². The summed E-state index contributed by atoms with van der Waals surface area (Å²) in [7, 11) is -4.44. The molecule has 14 heteroatoms. The molecule has 6 atom stereocenters. The topological polar surface area (TPSA) is 158 Å². The van der Waals surface area contributed by atoms with E-state index >= 15 is 4.39 Å². The van der Waals surface area contributed by atoms with Crippen molar-refractivity contribution >= 4 is 24.5 Å². The average molecular weight is 608 g/mol. The molecule has 0 spiro atoms. The van der Waals surface area contributed by atoms with E-state index in [0.717, 1.165) is 29.1 Å². The molecule has 0 aliphatic carbocycles. The van der Waals surface area contributed by atoms with Gasteiger partial charge < -0.3 is 19.1 Å². The third kappa shape index (κ3) is 7.16. The Bertz CT molecular complexity index is 1590. The third-order valence-electron chi connectivity index (χ3n) is 6.52. The summed E-state index contributed by atoms with van der Waals surface area (Å²) in [6, 6.07) is 12.1. The van der Waals surface area contributed by atoms with Crippen LogP contribution in [0.25, 0.3) is 10.8 Å². The van der Waals surface area contributed by atoms with Crippen LogP contribution in [-0.2, 0) is 23.4 Å². The minimum Gasteiger partial charge on any atom is -0.464 e. The lowest BCUT2D eigenvalue weighted by molar-refractivity contribution is -0.148. The second-order valence-electron chi connectivity index (χ2n) is 11.6. The van der Waals surface area contributed by atoms with Crippen LogP contribution in [0.15, 0.2) is 64.3 Å². The first kappa shape index (κ1) is 31.6. The van der Waals surface area contributed by atoms with Crippen LogP contribution in [0.4, 0.5) is 4.39 Å². The van der Waals surface area contributed by atoms with E-state index in [-0.39, 0.29) is 17.8 Å². The molecule has 1 aromatic heterocycles. The highest BCUT2D eigenvalue weighted by atomic mass is 31.2. The Morgan fingerprint density at radius 1 is 1.21 bits per heavy atom. The molecule has 3 N–H and O–H groups in total. The SMILES string of the molecule is CC(NP(=O)(OCC1OC(n2ccc(=O)[nH]c2=O)C(C)(O)C1F)Oc1cccc2ccccc12)C(=O)OCC(C)(C)C. The lowest BCUT2D eigenvalue weighted by atomic mass is 9.98. The van der Waals surface area contributed by atoms with Gasteiger partial charge in [0, 0.05) is 17.6 Å². The number of halogens is 1. The van der Waals surface area contributed by atoms with E-state index in [9.17, 15) is 24.1 Å². The van der Waals surface area contributed by atoms with Crippen LogP contribution >= 0.6 is 7.75 Å². The zero-order chi connectivity index (χ0) is 30.9. The summed E-state index contributed by atoms with van der Waals surface area (Å²) in [6.07, 6.45) is -4.10. The van der Waals surface area contributed by atoms with Crippen molar-refractivity contribution in [3.8, 4) is 5.75 Å². The highest BCUT2D eigenvalue weighted by Crippen LogP contribution is 2.48. The summed E-state index contributed by atoms with van der Waals surface area (Å²) >= 11 is 0. The summed E-state index contributed by atoms with van der Waals surface area (Å²) in [5.74, 6) is -0.538. The first-order chi connectivity index (χ1) is 19.6. The molecule has 42 heavy (non-hydrogen) atoms. The number of nitrogens with one attached hydrogen (secondary N) is 2. The number of aromatic nitrogens is 2. The molecular formula is C28H35FN3O9P. The van der Waals surface area contributed by atoms with Gasteiger partial charge in [-0.1, -0.05) is 57.2 Å². The number of carbonyl (C=O) groups is 1. The van der Waals surface area contributed by atoms with E-state index in [0.29, 0.717) is 5.39 Å². The minimum atomic E-state index is -4.44. The van der Waals surface area contributed by atoms with Crippen molar-refractivity contribution in [2.75, 3.05) is 13.2 Å². The zero-order valence-corrected chi connectivity index (χ0v) is 24.8. The molecule has 1 aliphatic rings. The van der Waals surface area contributed by atoms with Gasteiger partial charge in [0.25, 0.3) is 5.56 Å². The predicted octanol–water partition coefficient (Wildman–Crippen LogP) is 3.45. The number of H-pyrrole nitrogens is 1. The van der Waals surface area contributed by atoms with Crippen molar-refractivity contribution in [1.82, 2.24) is 14.6 Å². The van der Waals surface area contributed by atoms with Gasteiger partial charge in [0.1, 0.15) is 23.5 Å². The number of esters is 1. The molecule has 1 saturated heterocycles. The molecular weight excluding hydrogens is 572 g/mol. The zero-order valence-electron chi connectivity index (χ0n) is 23.9. The average Bonchev–Trinajstić information content (AvgIpc) is 3.14. The van der Waals surface area contributed by atoms with Gasteiger partial charge in [-0.3, -0.25) is 23.7 Å². The highest BCUT2D eigenvalue weighted by molar-refractivity contribution is 7.52. The van der Waals surface area contributed by atoms with Crippen LogP contribution < -0.4 is 20.9 Å². The fourth-order valence-electron chi connectivity index (χ4n) is 4.34. The molecule has 0 bridgehead atoms. The Kier molecular flexibility index (Phi) is 9.10. The quantitative estimate of drug-likeness (QED) is 0.230. The van der Waals surface area contributed by atoms with Gasteiger partial charge in [-0.2, -0.15) is 5.09 Å². The lowest BCUT2D eigenvalue weighted by Crippen LogP contribution is -2.45. The molecule has 12 nitrogen and oxygen atoms in total. The van der Waals surface area contributed by atoms with Crippen LogP contribution in [0.5, 0.6) is 5.75 Å². The maximum atomic E-state index is 15.5. The largest absolute Gasteiger partial charge is 0.464 e. The first-order valence-corrected chi connectivity index (χ1v) is 14.8. The smallest absolute Gasteiger partial charge is 0.459 e. The van der Waals surface area contributed by atoms with E-state index in [2.05, 4.69) is 5.09 Å². The lowest BCUT2D eigenvalue weighted by Gasteiger charge is -2.26. The maximum Gasteiger partial charge on any atom is 0.459 e. The molecule has 2 heterocycles. The summed E-state index contributed by atoms with van der Waals surface area (Å²) in [5.41, 5.74) is -4.14. The molecule has 3 aromatic rings. The minimum absolute atomic E-state index is 0.104. The highest BCUT2D eigenvalue weighted by Gasteiger charge is 2.55. The van der Waals surface area contributed by atoms with Crippen LogP contribution in [-0.4, -0.2) is 57.8 Å². The molecule has 1 fully saturated rings. The fourth-order valence-corrected chi connectivity index (χ4v) is 5.86. The number of hydrogen-bond acceptors (Lipinski definition) is 9. The number of rotatable bonds is 10. The standard InChI is InChI=1S/C28H35FN3O9P/c1-17(24(34)38-16-27(2,3)4)31-42(37,41-20-12-8-10-18-9-6-7-11-19(18)20)39-15-21-23(29)28(5,36)25(40-21)32-14-13-22(33)30-26(32)35/h6-14,17,21,23,25,36H,15-16H2,1-5H3,(H,31,37)(H,30,33,35). The Balaban J connectivity index is 1.58. The number of aliphatic hydroxyl groups is 1. The molecule has 228 valence electrons. The number of carbonyl (C=O) groups excluding carboxylic acids is 1. The summed E-state index contributed by atoms with van der Waals surface area (Å²) < 4.78 is 52.8. The fraction of sp³-hybridized carbons (Fsp3) is 0.464. The van der Waals surface area contributed by atoms with Crippen LogP contribution in [0.3, 0.4) is 0 Å². The molecule has 0 amide bonds.